The van der Waals surface area contributed by atoms with Gasteiger partial charge in [-0.05, 0) is 0 Å². The first-order valence-electron chi connectivity index (χ1n) is 5.46. The number of hydrogen-bond acceptors (Lipinski definition) is 6. The van der Waals surface area contributed by atoms with Crippen molar-refractivity contribution in [2.45, 2.75) is 24.9 Å². The Hall–Kier alpha value is -1.00. The summed E-state index contributed by atoms with van der Waals surface area (Å²) in [4.78, 5) is 11.8. The Morgan fingerprint density at radius 2 is 2.28 bits per heavy atom. The van der Waals surface area contributed by atoms with Crippen LogP contribution in [0.4, 0.5) is 0 Å². The SMILES string of the molecule is Oc1ncnc2c1ncn2C1C[C@H](O)[C@@H](CI)O1. The van der Waals surface area contributed by atoms with E-state index in [2.05, 4.69) is 37.5 Å². The second-order valence-corrected chi connectivity index (χ2v) is 4.99. The number of alkyl halides is 1. The van der Waals surface area contributed by atoms with E-state index in [0.29, 0.717) is 17.6 Å². The average Bonchev–Trinajstić information content (AvgIpc) is 2.93. The predicted molar refractivity (Wildman–Crippen MR) is 70.4 cm³/mol. The molecule has 0 aliphatic carbocycles. The molecule has 0 bridgehead atoms. The Balaban J connectivity index is 1.99. The van der Waals surface area contributed by atoms with Crippen LogP contribution in [-0.4, -0.2) is 46.4 Å². The average molecular weight is 362 g/mol. The second-order valence-electron chi connectivity index (χ2n) is 4.11. The standard InChI is InChI=1S/C10H11IN4O3/c11-2-6-5(16)1-7(18-6)15-4-14-8-9(15)12-3-13-10(8)17/h3-7,16H,1-2H2,(H,12,13,17)/t5-,6+,7?/m0/s1. The number of aromatic nitrogens is 4. The number of hydrogen-bond donors (Lipinski definition) is 2. The van der Waals surface area contributed by atoms with Crippen LogP contribution in [0.25, 0.3) is 11.2 Å². The van der Waals surface area contributed by atoms with Gasteiger partial charge in [0.2, 0.25) is 5.88 Å². The summed E-state index contributed by atoms with van der Waals surface area (Å²) in [6.45, 7) is 0. The summed E-state index contributed by atoms with van der Waals surface area (Å²) in [6, 6.07) is 0. The molecule has 2 aromatic heterocycles. The number of aliphatic hydroxyl groups excluding tert-OH is 1. The molecule has 1 aliphatic heterocycles. The van der Waals surface area contributed by atoms with Gasteiger partial charge in [0.05, 0.1) is 18.5 Å². The van der Waals surface area contributed by atoms with Gasteiger partial charge in [-0.1, -0.05) is 22.6 Å². The van der Waals surface area contributed by atoms with Crippen molar-refractivity contribution in [1.82, 2.24) is 19.5 Å². The highest BCUT2D eigenvalue weighted by atomic mass is 127. The van der Waals surface area contributed by atoms with E-state index >= 15 is 0 Å². The van der Waals surface area contributed by atoms with E-state index in [9.17, 15) is 10.2 Å². The van der Waals surface area contributed by atoms with Crippen molar-refractivity contribution in [1.29, 1.82) is 0 Å². The van der Waals surface area contributed by atoms with E-state index in [1.807, 2.05) is 0 Å². The molecule has 1 aliphatic rings. The predicted octanol–water partition coefficient (Wildman–Crippen LogP) is 0.615. The number of aliphatic hydroxyl groups is 1. The number of rotatable bonds is 2. The zero-order valence-electron chi connectivity index (χ0n) is 9.27. The number of halogens is 1. The zero-order valence-corrected chi connectivity index (χ0v) is 11.4. The van der Waals surface area contributed by atoms with Gasteiger partial charge in [0.15, 0.2) is 11.2 Å². The summed E-state index contributed by atoms with van der Waals surface area (Å²) < 4.78 is 8.18. The number of imidazole rings is 1. The van der Waals surface area contributed by atoms with Gasteiger partial charge in [0, 0.05) is 10.8 Å². The van der Waals surface area contributed by atoms with Crippen molar-refractivity contribution in [3.8, 4) is 5.88 Å². The van der Waals surface area contributed by atoms with E-state index in [4.69, 9.17) is 4.74 Å². The van der Waals surface area contributed by atoms with Crippen LogP contribution in [-0.2, 0) is 4.74 Å². The van der Waals surface area contributed by atoms with Crippen LogP contribution in [0.3, 0.4) is 0 Å². The number of fused-ring (bicyclic) bond motifs is 1. The molecule has 18 heavy (non-hydrogen) atoms. The first-order chi connectivity index (χ1) is 8.70. The van der Waals surface area contributed by atoms with Crippen molar-refractivity contribution in [3.63, 3.8) is 0 Å². The molecular formula is C10H11IN4O3. The maximum atomic E-state index is 9.84. The lowest BCUT2D eigenvalue weighted by Gasteiger charge is -2.13. The van der Waals surface area contributed by atoms with Crippen LogP contribution in [0.15, 0.2) is 12.7 Å². The summed E-state index contributed by atoms with van der Waals surface area (Å²) in [5.74, 6) is -0.150. The van der Waals surface area contributed by atoms with Crippen molar-refractivity contribution in [2.24, 2.45) is 0 Å². The highest BCUT2D eigenvalue weighted by molar-refractivity contribution is 14.1. The van der Waals surface area contributed by atoms with E-state index < -0.39 is 6.10 Å². The molecule has 0 saturated carbocycles. The van der Waals surface area contributed by atoms with Crippen molar-refractivity contribution < 1.29 is 14.9 Å². The topological polar surface area (TPSA) is 93.3 Å². The van der Waals surface area contributed by atoms with Crippen LogP contribution in [0.2, 0.25) is 0 Å². The van der Waals surface area contributed by atoms with Gasteiger partial charge in [-0.15, -0.1) is 0 Å². The van der Waals surface area contributed by atoms with Gasteiger partial charge in [-0.3, -0.25) is 4.57 Å². The van der Waals surface area contributed by atoms with E-state index in [1.54, 1.807) is 10.9 Å². The lowest BCUT2D eigenvalue weighted by molar-refractivity contribution is -0.00222. The maximum Gasteiger partial charge on any atom is 0.242 e. The Bertz CT molecular complexity index is 575. The van der Waals surface area contributed by atoms with Gasteiger partial charge in [-0.25, -0.2) is 9.97 Å². The lowest BCUT2D eigenvalue weighted by atomic mass is 10.2. The van der Waals surface area contributed by atoms with E-state index in [1.165, 1.54) is 6.33 Å². The Morgan fingerprint density at radius 1 is 1.44 bits per heavy atom. The fourth-order valence-electron chi connectivity index (χ4n) is 2.08. The summed E-state index contributed by atoms with van der Waals surface area (Å²) >= 11 is 2.18. The third kappa shape index (κ3) is 1.84. The number of aromatic hydroxyl groups is 1. The quantitative estimate of drug-likeness (QED) is 0.601. The molecule has 0 radical (unpaired) electrons. The highest BCUT2D eigenvalue weighted by Gasteiger charge is 2.35. The molecule has 3 atom stereocenters. The van der Waals surface area contributed by atoms with Gasteiger partial charge >= 0.3 is 0 Å². The maximum absolute atomic E-state index is 9.84. The van der Waals surface area contributed by atoms with Crippen molar-refractivity contribution >= 4 is 33.8 Å². The lowest BCUT2D eigenvalue weighted by Crippen LogP contribution is -2.21. The molecule has 1 saturated heterocycles. The van der Waals surface area contributed by atoms with Crippen LogP contribution in [0, 0.1) is 0 Å². The molecule has 0 spiro atoms. The molecule has 8 heteroatoms. The Labute approximate surface area is 116 Å². The van der Waals surface area contributed by atoms with Crippen LogP contribution < -0.4 is 0 Å². The van der Waals surface area contributed by atoms with Crippen LogP contribution in [0.5, 0.6) is 5.88 Å². The second kappa shape index (κ2) is 4.59. The van der Waals surface area contributed by atoms with E-state index in [-0.39, 0.29) is 18.2 Å². The Morgan fingerprint density at radius 3 is 3.00 bits per heavy atom. The highest BCUT2D eigenvalue weighted by Crippen LogP contribution is 2.32. The third-order valence-electron chi connectivity index (χ3n) is 3.01. The molecular weight excluding hydrogens is 351 g/mol. The zero-order chi connectivity index (χ0) is 12.7. The molecule has 96 valence electrons. The van der Waals surface area contributed by atoms with Gasteiger partial charge < -0.3 is 14.9 Å². The molecule has 3 rings (SSSR count). The Kier molecular flexibility index (Phi) is 3.08. The molecule has 7 nitrogen and oxygen atoms in total. The normalized spacial score (nSPS) is 28.0. The fraction of sp³-hybridized carbons (Fsp3) is 0.500. The van der Waals surface area contributed by atoms with Gasteiger partial charge in [0.1, 0.15) is 12.6 Å². The summed E-state index contributed by atoms with van der Waals surface area (Å²) in [6.07, 6.45) is 2.34. The van der Waals surface area contributed by atoms with Crippen LogP contribution in [0.1, 0.15) is 12.6 Å². The summed E-state index contributed by atoms with van der Waals surface area (Å²) in [5, 5.41) is 19.4. The summed E-state index contributed by atoms with van der Waals surface area (Å²) in [7, 11) is 0. The number of nitrogens with zero attached hydrogens (tertiary/aromatic N) is 4. The first-order valence-corrected chi connectivity index (χ1v) is 6.99. The molecule has 1 fully saturated rings. The van der Waals surface area contributed by atoms with E-state index in [0.717, 1.165) is 4.43 Å². The monoisotopic (exact) mass is 362 g/mol. The smallest absolute Gasteiger partial charge is 0.242 e. The van der Waals surface area contributed by atoms with Crippen molar-refractivity contribution in [3.05, 3.63) is 12.7 Å². The molecule has 0 amide bonds. The third-order valence-corrected chi connectivity index (χ3v) is 3.87. The van der Waals surface area contributed by atoms with Gasteiger partial charge in [0.25, 0.3) is 0 Å². The largest absolute Gasteiger partial charge is 0.492 e. The van der Waals surface area contributed by atoms with Crippen molar-refractivity contribution in [2.75, 3.05) is 4.43 Å². The fourth-order valence-corrected chi connectivity index (χ4v) is 2.87. The minimum Gasteiger partial charge on any atom is -0.492 e. The molecule has 1 unspecified atom stereocenters. The summed E-state index contributed by atoms with van der Waals surface area (Å²) in [5.41, 5.74) is 0.849. The molecule has 3 heterocycles. The van der Waals surface area contributed by atoms with Gasteiger partial charge in [-0.2, -0.15) is 4.98 Å². The minimum absolute atomic E-state index is 0.150. The molecule has 0 aromatic carbocycles. The van der Waals surface area contributed by atoms with Crippen LogP contribution >= 0.6 is 22.6 Å². The first kappa shape index (κ1) is 12.1. The molecule has 2 aromatic rings. The molecule has 2 N–H and O–H groups in total. The minimum atomic E-state index is -0.486. The number of ether oxygens (including phenoxy) is 1.